The molecule has 0 aromatic heterocycles. The van der Waals surface area contributed by atoms with E-state index in [9.17, 15) is 0 Å². The van der Waals surface area contributed by atoms with Crippen molar-refractivity contribution in [2.75, 3.05) is 20.3 Å². The first-order valence-electron chi connectivity index (χ1n) is 3.70. The molecule has 1 atom stereocenters. The summed E-state index contributed by atoms with van der Waals surface area (Å²) < 4.78 is 14.7. The van der Waals surface area contributed by atoms with Gasteiger partial charge in [-0.1, -0.05) is 0 Å². The molecule has 0 rings (SSSR count). The fourth-order valence-corrected chi connectivity index (χ4v) is 0.652. The molecule has 1 unspecified atom stereocenters. The third-order valence-corrected chi connectivity index (χ3v) is 1.14. The predicted molar refractivity (Wildman–Crippen MR) is 40.1 cm³/mol. The van der Waals surface area contributed by atoms with Crippen molar-refractivity contribution in [3.05, 3.63) is 0 Å². The van der Waals surface area contributed by atoms with E-state index < -0.39 is 12.6 Å². The van der Waals surface area contributed by atoms with Gasteiger partial charge < -0.3 is 19.3 Å². The van der Waals surface area contributed by atoms with Crippen LogP contribution >= 0.6 is 0 Å². The highest BCUT2D eigenvalue weighted by Crippen LogP contribution is 2.01. The summed E-state index contributed by atoms with van der Waals surface area (Å²) in [4.78, 5) is 0. The Morgan fingerprint density at radius 2 is 1.64 bits per heavy atom. The summed E-state index contributed by atoms with van der Waals surface area (Å²) in [5.74, 6) is 0. The average molecular weight is 164 g/mol. The highest BCUT2D eigenvalue weighted by atomic mass is 16.7. The van der Waals surface area contributed by atoms with Crippen LogP contribution in [0.2, 0.25) is 0 Å². The zero-order valence-corrected chi connectivity index (χ0v) is 7.24. The van der Waals surface area contributed by atoms with Gasteiger partial charge in [0.25, 0.3) is 0 Å². The molecule has 0 heterocycles. The summed E-state index contributed by atoms with van der Waals surface area (Å²) in [5, 5.41) is 9.11. The minimum atomic E-state index is -1.00. The lowest BCUT2D eigenvalue weighted by atomic mass is 10.6. The summed E-state index contributed by atoms with van der Waals surface area (Å²) in [6.07, 6.45) is -1.68. The zero-order valence-electron chi connectivity index (χ0n) is 7.24. The Hall–Kier alpha value is -0.160. The summed E-state index contributed by atoms with van der Waals surface area (Å²) in [6, 6.07) is 0. The molecule has 0 saturated heterocycles. The van der Waals surface area contributed by atoms with Gasteiger partial charge in [0.1, 0.15) is 0 Å². The molecule has 68 valence electrons. The molecular weight excluding hydrogens is 148 g/mol. The Balaban J connectivity index is 3.66. The van der Waals surface area contributed by atoms with Crippen LogP contribution < -0.4 is 0 Å². The Morgan fingerprint density at radius 3 is 1.91 bits per heavy atom. The van der Waals surface area contributed by atoms with Crippen molar-refractivity contribution in [1.29, 1.82) is 0 Å². The lowest BCUT2D eigenvalue weighted by Gasteiger charge is -2.20. The van der Waals surface area contributed by atoms with E-state index in [1.807, 2.05) is 13.8 Å². The van der Waals surface area contributed by atoms with E-state index in [2.05, 4.69) is 4.74 Å². The van der Waals surface area contributed by atoms with Crippen LogP contribution in [0.3, 0.4) is 0 Å². The molecule has 4 nitrogen and oxygen atoms in total. The number of aliphatic hydroxyl groups is 1. The predicted octanol–water partition coefficient (Wildman–Crippen LogP) is 0.350. The van der Waals surface area contributed by atoms with Crippen LogP contribution in [0, 0.1) is 0 Å². The van der Waals surface area contributed by atoms with Gasteiger partial charge in [-0.3, -0.25) is 0 Å². The van der Waals surface area contributed by atoms with Crippen molar-refractivity contribution < 1.29 is 19.3 Å². The van der Waals surface area contributed by atoms with Gasteiger partial charge in [0, 0.05) is 20.3 Å². The van der Waals surface area contributed by atoms with E-state index >= 15 is 0 Å². The van der Waals surface area contributed by atoms with Crippen molar-refractivity contribution >= 4 is 0 Å². The minimum Gasteiger partial charge on any atom is -0.364 e. The van der Waals surface area contributed by atoms with E-state index in [1.165, 1.54) is 7.11 Å². The number of hydrogen-bond donors (Lipinski definition) is 1. The fourth-order valence-electron chi connectivity index (χ4n) is 0.652. The number of ether oxygens (including phenoxy) is 3. The Labute approximate surface area is 67.1 Å². The van der Waals surface area contributed by atoms with Crippen LogP contribution in [0.25, 0.3) is 0 Å². The van der Waals surface area contributed by atoms with Crippen LogP contribution in [0.1, 0.15) is 13.8 Å². The van der Waals surface area contributed by atoms with Gasteiger partial charge in [0.2, 0.25) is 12.6 Å². The van der Waals surface area contributed by atoms with Crippen LogP contribution in [0.15, 0.2) is 0 Å². The van der Waals surface area contributed by atoms with Gasteiger partial charge in [-0.2, -0.15) is 0 Å². The Bertz CT molecular complexity index is 80.5. The normalized spacial score (nSPS) is 13.9. The standard InChI is InChI=1S/C7H16O4/c1-4-10-7(11-5-2)6(8)9-3/h6-8H,4-5H2,1-3H3. The maximum atomic E-state index is 9.11. The van der Waals surface area contributed by atoms with E-state index in [0.29, 0.717) is 13.2 Å². The highest BCUT2D eigenvalue weighted by Gasteiger charge is 2.18. The molecule has 0 fully saturated rings. The minimum absolute atomic E-state index is 0.491. The molecule has 0 saturated carbocycles. The van der Waals surface area contributed by atoms with Gasteiger partial charge in [-0.25, -0.2) is 0 Å². The first-order valence-corrected chi connectivity index (χ1v) is 3.70. The third-order valence-electron chi connectivity index (χ3n) is 1.14. The molecule has 4 heteroatoms. The van der Waals surface area contributed by atoms with Crippen molar-refractivity contribution in [2.45, 2.75) is 26.4 Å². The Kier molecular flexibility index (Phi) is 6.45. The maximum Gasteiger partial charge on any atom is 0.209 e. The molecule has 0 aromatic carbocycles. The van der Waals surface area contributed by atoms with E-state index in [1.54, 1.807) is 0 Å². The van der Waals surface area contributed by atoms with Gasteiger partial charge in [-0.05, 0) is 13.8 Å². The summed E-state index contributed by atoms with van der Waals surface area (Å²) in [7, 11) is 1.40. The number of aliphatic hydroxyl groups excluding tert-OH is 1. The maximum absolute atomic E-state index is 9.11. The third kappa shape index (κ3) is 4.31. The average Bonchev–Trinajstić information content (AvgIpc) is 2.03. The van der Waals surface area contributed by atoms with Gasteiger partial charge >= 0.3 is 0 Å². The van der Waals surface area contributed by atoms with Crippen molar-refractivity contribution in [3.63, 3.8) is 0 Å². The molecule has 0 aromatic rings. The lowest BCUT2D eigenvalue weighted by molar-refractivity contribution is -0.259. The summed E-state index contributed by atoms with van der Waals surface area (Å²) in [5.41, 5.74) is 0. The highest BCUT2D eigenvalue weighted by molar-refractivity contribution is 4.45. The van der Waals surface area contributed by atoms with Crippen molar-refractivity contribution in [1.82, 2.24) is 0 Å². The number of rotatable bonds is 6. The van der Waals surface area contributed by atoms with Crippen LogP contribution in [0.5, 0.6) is 0 Å². The molecule has 1 N–H and O–H groups in total. The van der Waals surface area contributed by atoms with Gasteiger partial charge in [0.15, 0.2) is 0 Å². The topological polar surface area (TPSA) is 47.9 Å². The molecular formula is C7H16O4. The second kappa shape index (κ2) is 6.54. The molecule has 0 aliphatic heterocycles. The largest absolute Gasteiger partial charge is 0.364 e. The molecule has 0 amide bonds. The smallest absolute Gasteiger partial charge is 0.209 e. The molecule has 0 aliphatic rings. The van der Waals surface area contributed by atoms with Crippen LogP contribution in [0.4, 0.5) is 0 Å². The number of hydrogen-bond acceptors (Lipinski definition) is 4. The van der Waals surface area contributed by atoms with Gasteiger partial charge in [0.05, 0.1) is 0 Å². The quantitative estimate of drug-likeness (QED) is 0.575. The SMILES string of the molecule is CCOC(OCC)C(O)OC. The van der Waals surface area contributed by atoms with Crippen molar-refractivity contribution in [3.8, 4) is 0 Å². The molecule has 0 spiro atoms. The number of methoxy groups -OCH3 is 1. The second-order valence-corrected chi connectivity index (χ2v) is 1.91. The monoisotopic (exact) mass is 164 g/mol. The van der Waals surface area contributed by atoms with Crippen LogP contribution in [-0.4, -0.2) is 38.0 Å². The molecule has 0 radical (unpaired) electrons. The molecule has 11 heavy (non-hydrogen) atoms. The first kappa shape index (κ1) is 10.8. The second-order valence-electron chi connectivity index (χ2n) is 1.91. The van der Waals surface area contributed by atoms with E-state index in [-0.39, 0.29) is 0 Å². The Morgan fingerprint density at radius 1 is 1.18 bits per heavy atom. The van der Waals surface area contributed by atoms with Crippen molar-refractivity contribution in [2.24, 2.45) is 0 Å². The van der Waals surface area contributed by atoms with E-state index in [4.69, 9.17) is 14.6 Å². The molecule has 0 bridgehead atoms. The summed E-state index contributed by atoms with van der Waals surface area (Å²) >= 11 is 0. The lowest BCUT2D eigenvalue weighted by Crippen LogP contribution is -2.33. The molecule has 0 aliphatic carbocycles. The zero-order chi connectivity index (χ0) is 8.69. The fraction of sp³-hybridized carbons (Fsp3) is 1.00. The first-order chi connectivity index (χ1) is 5.26. The van der Waals surface area contributed by atoms with E-state index in [0.717, 1.165) is 0 Å². The van der Waals surface area contributed by atoms with Crippen LogP contribution in [-0.2, 0) is 14.2 Å². The van der Waals surface area contributed by atoms with Gasteiger partial charge in [-0.15, -0.1) is 0 Å². The summed E-state index contributed by atoms with van der Waals surface area (Å²) in [6.45, 7) is 4.64.